The van der Waals surface area contributed by atoms with E-state index in [1.54, 1.807) is 0 Å². The van der Waals surface area contributed by atoms with Crippen LogP contribution in [-0.4, -0.2) is 30.1 Å². The van der Waals surface area contributed by atoms with Crippen LogP contribution in [0.3, 0.4) is 0 Å². The number of hydrogen-bond donors (Lipinski definition) is 2. The van der Waals surface area contributed by atoms with E-state index in [1.807, 2.05) is 19.4 Å². The molecule has 0 fully saturated rings. The summed E-state index contributed by atoms with van der Waals surface area (Å²) in [5, 5.41) is 6.26. The maximum Gasteiger partial charge on any atom is 0.222 e. The summed E-state index contributed by atoms with van der Waals surface area (Å²) in [6, 6.07) is 6.71. The van der Waals surface area contributed by atoms with Crippen molar-refractivity contribution in [3.8, 4) is 11.1 Å². The summed E-state index contributed by atoms with van der Waals surface area (Å²) in [4.78, 5) is 8.74. The van der Waals surface area contributed by atoms with Crippen LogP contribution in [-0.2, 0) is 12.8 Å². The Kier molecular flexibility index (Phi) is 3.92. The number of aromatic nitrogens is 2. The molecule has 0 unspecified atom stereocenters. The third-order valence-corrected chi connectivity index (χ3v) is 3.74. The van der Waals surface area contributed by atoms with Crippen molar-refractivity contribution in [2.45, 2.75) is 19.3 Å². The Morgan fingerprint density at radius 2 is 1.80 bits per heavy atom. The number of nitrogens with one attached hydrogen (secondary N) is 2. The van der Waals surface area contributed by atoms with Crippen molar-refractivity contribution in [1.29, 1.82) is 0 Å². The molecule has 0 atom stereocenters. The molecule has 4 heteroatoms. The average molecular weight is 268 g/mol. The number of hydrogen-bond acceptors (Lipinski definition) is 4. The van der Waals surface area contributed by atoms with Gasteiger partial charge in [0.05, 0.1) is 0 Å². The molecule has 1 aromatic carbocycles. The number of benzene rings is 1. The van der Waals surface area contributed by atoms with E-state index in [4.69, 9.17) is 0 Å². The Hall–Kier alpha value is -1.94. The van der Waals surface area contributed by atoms with Crippen molar-refractivity contribution in [1.82, 2.24) is 15.3 Å². The molecule has 1 aliphatic carbocycles. The van der Waals surface area contributed by atoms with Gasteiger partial charge in [-0.2, -0.15) is 0 Å². The Morgan fingerprint density at radius 1 is 1.00 bits per heavy atom. The van der Waals surface area contributed by atoms with Crippen LogP contribution in [0, 0.1) is 0 Å². The zero-order valence-electron chi connectivity index (χ0n) is 11.8. The van der Waals surface area contributed by atoms with Crippen molar-refractivity contribution in [3.63, 3.8) is 0 Å². The second-order valence-electron chi connectivity index (χ2n) is 5.16. The summed E-state index contributed by atoms with van der Waals surface area (Å²) in [5.41, 5.74) is 5.28. The van der Waals surface area contributed by atoms with Crippen molar-refractivity contribution in [3.05, 3.63) is 41.7 Å². The Bertz CT molecular complexity index is 578. The molecule has 0 bridgehead atoms. The molecule has 1 aromatic heterocycles. The molecule has 0 saturated carbocycles. The Balaban J connectivity index is 1.74. The smallest absolute Gasteiger partial charge is 0.222 e. The molecule has 1 heterocycles. The lowest BCUT2D eigenvalue weighted by atomic mass is 10.0. The normalized spacial score (nSPS) is 13.2. The van der Waals surface area contributed by atoms with Crippen molar-refractivity contribution in [2.24, 2.45) is 0 Å². The highest BCUT2D eigenvalue weighted by molar-refractivity contribution is 5.64. The van der Waals surface area contributed by atoms with E-state index in [0.717, 1.165) is 18.7 Å². The summed E-state index contributed by atoms with van der Waals surface area (Å²) in [5.74, 6) is 0.685. The number of rotatable bonds is 5. The fourth-order valence-corrected chi connectivity index (χ4v) is 2.62. The highest BCUT2D eigenvalue weighted by Gasteiger charge is 2.11. The lowest BCUT2D eigenvalue weighted by Gasteiger charge is -2.07. The maximum atomic E-state index is 4.37. The van der Waals surface area contributed by atoms with E-state index in [1.165, 1.54) is 36.0 Å². The fourth-order valence-electron chi connectivity index (χ4n) is 2.62. The molecule has 2 N–H and O–H groups in total. The van der Waals surface area contributed by atoms with Crippen molar-refractivity contribution < 1.29 is 0 Å². The summed E-state index contributed by atoms with van der Waals surface area (Å²) in [6.45, 7) is 1.73. The van der Waals surface area contributed by atoms with Gasteiger partial charge in [0.1, 0.15) is 0 Å². The highest BCUT2D eigenvalue weighted by atomic mass is 15.1. The van der Waals surface area contributed by atoms with Crippen LogP contribution < -0.4 is 10.6 Å². The lowest BCUT2D eigenvalue weighted by molar-refractivity contribution is 0.817. The van der Waals surface area contributed by atoms with Gasteiger partial charge in [0.2, 0.25) is 5.95 Å². The van der Waals surface area contributed by atoms with Crippen molar-refractivity contribution in [2.75, 3.05) is 25.5 Å². The second-order valence-corrected chi connectivity index (χ2v) is 5.16. The van der Waals surface area contributed by atoms with Gasteiger partial charge in [-0.15, -0.1) is 0 Å². The van der Waals surface area contributed by atoms with E-state index in [9.17, 15) is 0 Å². The van der Waals surface area contributed by atoms with Gasteiger partial charge in [0.15, 0.2) is 0 Å². The number of aryl methyl sites for hydroxylation is 2. The summed E-state index contributed by atoms with van der Waals surface area (Å²) < 4.78 is 0. The van der Waals surface area contributed by atoms with Crippen LogP contribution in [0.15, 0.2) is 30.6 Å². The first-order valence-corrected chi connectivity index (χ1v) is 7.19. The minimum atomic E-state index is 0.685. The van der Waals surface area contributed by atoms with Gasteiger partial charge in [-0.05, 0) is 43.0 Å². The van der Waals surface area contributed by atoms with Gasteiger partial charge in [0, 0.05) is 31.0 Å². The number of likely N-dealkylation sites (N-methyl/N-ethyl adjacent to an activating group) is 1. The topological polar surface area (TPSA) is 49.8 Å². The van der Waals surface area contributed by atoms with Crippen LogP contribution in [0.4, 0.5) is 5.95 Å². The van der Waals surface area contributed by atoms with E-state index >= 15 is 0 Å². The predicted molar refractivity (Wildman–Crippen MR) is 81.9 cm³/mol. The number of fused-ring (bicyclic) bond motifs is 1. The third-order valence-electron chi connectivity index (χ3n) is 3.74. The molecule has 3 rings (SSSR count). The zero-order chi connectivity index (χ0) is 13.8. The molecule has 2 aromatic rings. The third kappa shape index (κ3) is 2.80. The Morgan fingerprint density at radius 3 is 2.60 bits per heavy atom. The second kappa shape index (κ2) is 6.01. The van der Waals surface area contributed by atoms with Crippen molar-refractivity contribution >= 4 is 5.95 Å². The highest BCUT2D eigenvalue weighted by Crippen LogP contribution is 2.27. The molecule has 0 aliphatic heterocycles. The minimum absolute atomic E-state index is 0.685. The van der Waals surface area contributed by atoms with Crippen LogP contribution in [0.2, 0.25) is 0 Å². The van der Waals surface area contributed by atoms with Gasteiger partial charge >= 0.3 is 0 Å². The molecule has 0 amide bonds. The van der Waals surface area contributed by atoms with Crippen LogP contribution >= 0.6 is 0 Å². The van der Waals surface area contributed by atoms with Gasteiger partial charge in [-0.1, -0.05) is 18.2 Å². The van der Waals surface area contributed by atoms with Crippen LogP contribution in [0.25, 0.3) is 11.1 Å². The Labute approximate surface area is 119 Å². The molecule has 0 radical (unpaired) electrons. The molecule has 104 valence electrons. The van der Waals surface area contributed by atoms with Gasteiger partial charge in [-0.3, -0.25) is 0 Å². The lowest BCUT2D eigenvalue weighted by Crippen LogP contribution is -2.18. The SMILES string of the molecule is CNCCNc1ncc(-c2ccc3c(c2)CCC3)cn1. The number of anilines is 1. The quantitative estimate of drug-likeness (QED) is 0.817. The van der Waals surface area contributed by atoms with Gasteiger partial charge < -0.3 is 10.6 Å². The van der Waals surface area contributed by atoms with E-state index < -0.39 is 0 Å². The molecule has 20 heavy (non-hydrogen) atoms. The van der Waals surface area contributed by atoms with Crippen LogP contribution in [0.1, 0.15) is 17.5 Å². The monoisotopic (exact) mass is 268 g/mol. The molecule has 4 nitrogen and oxygen atoms in total. The minimum Gasteiger partial charge on any atom is -0.353 e. The first-order valence-electron chi connectivity index (χ1n) is 7.19. The first kappa shape index (κ1) is 13.1. The summed E-state index contributed by atoms with van der Waals surface area (Å²) in [7, 11) is 1.93. The number of nitrogens with zero attached hydrogens (tertiary/aromatic N) is 2. The summed E-state index contributed by atoms with van der Waals surface area (Å²) in [6.07, 6.45) is 7.49. The average Bonchev–Trinajstić information content (AvgIpc) is 2.96. The van der Waals surface area contributed by atoms with Gasteiger partial charge in [-0.25, -0.2) is 9.97 Å². The fraction of sp³-hybridized carbons (Fsp3) is 0.375. The molecule has 0 spiro atoms. The van der Waals surface area contributed by atoms with Crippen LogP contribution in [0.5, 0.6) is 0 Å². The maximum absolute atomic E-state index is 4.37. The largest absolute Gasteiger partial charge is 0.353 e. The predicted octanol–water partition coefficient (Wildman–Crippen LogP) is 2.26. The zero-order valence-corrected chi connectivity index (χ0v) is 11.8. The van der Waals surface area contributed by atoms with E-state index in [0.29, 0.717) is 5.95 Å². The van der Waals surface area contributed by atoms with E-state index in [2.05, 4.69) is 38.8 Å². The molecular formula is C16H20N4. The molecule has 0 saturated heterocycles. The molecule has 1 aliphatic rings. The first-order chi connectivity index (χ1) is 9.86. The van der Waals surface area contributed by atoms with E-state index in [-0.39, 0.29) is 0 Å². The molecular weight excluding hydrogens is 248 g/mol. The van der Waals surface area contributed by atoms with Gasteiger partial charge in [0.25, 0.3) is 0 Å². The standard InChI is InChI=1S/C16H20N4/c1-17-7-8-18-16-19-10-15(11-20-16)14-6-5-12-3-2-4-13(12)9-14/h5-6,9-11,17H,2-4,7-8H2,1H3,(H,18,19,20). The summed E-state index contributed by atoms with van der Waals surface area (Å²) >= 11 is 0.